The van der Waals surface area contributed by atoms with Gasteiger partial charge in [0, 0.05) is 30.0 Å². The maximum absolute atomic E-state index is 12.7. The lowest BCUT2D eigenvalue weighted by Crippen LogP contribution is -2.41. The molecule has 1 aromatic heterocycles. The Morgan fingerprint density at radius 1 is 1.04 bits per heavy atom. The lowest BCUT2D eigenvalue weighted by Gasteiger charge is -2.32. The second-order valence-electron chi connectivity index (χ2n) is 7.94. The van der Waals surface area contributed by atoms with Crippen LogP contribution in [0.1, 0.15) is 40.5 Å². The Labute approximate surface area is 156 Å². The number of alkyl halides is 3. The largest absolute Gasteiger partial charge is 0.496 e. The monoisotopic (exact) mass is 381 g/mol. The van der Waals surface area contributed by atoms with Crippen LogP contribution < -0.4 is 11.0 Å². The predicted molar refractivity (Wildman–Crippen MR) is 99.2 cm³/mol. The zero-order chi connectivity index (χ0) is 20.0. The second-order valence-corrected chi connectivity index (χ2v) is 7.94. The van der Waals surface area contributed by atoms with Gasteiger partial charge in [0.15, 0.2) is 0 Å². The Balaban J connectivity index is 2.02. The predicted octanol–water partition coefficient (Wildman–Crippen LogP) is 3.64. The van der Waals surface area contributed by atoms with Crippen molar-refractivity contribution in [3.63, 3.8) is 0 Å². The summed E-state index contributed by atoms with van der Waals surface area (Å²) in [6.45, 7) is 7.68. The summed E-state index contributed by atoms with van der Waals surface area (Å²) >= 11 is 0. The molecule has 1 aromatic carbocycles. The van der Waals surface area contributed by atoms with Crippen molar-refractivity contribution in [2.45, 2.75) is 64.5 Å². The molecule has 0 aliphatic carbocycles. The molecule has 4 nitrogen and oxygen atoms in total. The minimum absolute atomic E-state index is 0.0182. The molecule has 0 unspecified atom stereocenters. The van der Waals surface area contributed by atoms with Gasteiger partial charge in [-0.25, -0.2) is 0 Å². The van der Waals surface area contributed by atoms with Gasteiger partial charge in [0.1, 0.15) is 0 Å². The fourth-order valence-corrected chi connectivity index (χ4v) is 3.15. The lowest BCUT2D eigenvalue weighted by atomic mass is 9.77. The molecule has 0 amide bonds. The maximum Gasteiger partial charge on any atom is 0.496 e. The zero-order valence-corrected chi connectivity index (χ0v) is 15.9. The number of fused-ring (bicyclic) bond motifs is 1. The average Bonchev–Trinajstić information content (AvgIpc) is 2.76. The summed E-state index contributed by atoms with van der Waals surface area (Å²) in [6.07, 6.45) is -3.76. The first-order valence-corrected chi connectivity index (χ1v) is 8.96. The number of nitrogens with zero attached hydrogens (tertiary/aromatic N) is 1. The van der Waals surface area contributed by atoms with Crippen LogP contribution in [0.25, 0.3) is 10.8 Å². The first-order valence-electron chi connectivity index (χ1n) is 8.96. The molecule has 2 aromatic rings. The molecule has 8 heteroatoms. The highest BCUT2D eigenvalue weighted by Crippen LogP contribution is 2.36. The Bertz CT molecular complexity index is 889. The highest BCUT2D eigenvalue weighted by Gasteiger charge is 2.52. The molecule has 1 fully saturated rings. The summed E-state index contributed by atoms with van der Waals surface area (Å²) in [6, 6.07) is 7.02. The summed E-state index contributed by atoms with van der Waals surface area (Å²) in [4.78, 5) is 12.7. The van der Waals surface area contributed by atoms with E-state index in [4.69, 9.17) is 9.31 Å². The zero-order valence-electron chi connectivity index (χ0n) is 15.9. The summed E-state index contributed by atoms with van der Waals surface area (Å²) < 4.78 is 51.0. The first kappa shape index (κ1) is 20.0. The fraction of sp³-hybridized carbons (Fsp3) is 0.526. The van der Waals surface area contributed by atoms with Gasteiger partial charge in [0.2, 0.25) is 0 Å². The number of aryl methyl sites for hydroxylation is 1. The van der Waals surface area contributed by atoms with Crippen LogP contribution in [0.2, 0.25) is 0 Å². The smallest absolute Gasteiger partial charge is 0.399 e. The molecule has 1 aliphatic rings. The van der Waals surface area contributed by atoms with E-state index >= 15 is 0 Å². The van der Waals surface area contributed by atoms with Crippen molar-refractivity contribution in [1.29, 1.82) is 0 Å². The Kier molecular flexibility index (Phi) is 4.93. The average molecular weight is 381 g/mol. The van der Waals surface area contributed by atoms with E-state index in [0.29, 0.717) is 16.2 Å². The molecule has 0 bridgehead atoms. The van der Waals surface area contributed by atoms with Crippen LogP contribution in [0.3, 0.4) is 0 Å². The molecular formula is C19H23BF3NO3. The summed E-state index contributed by atoms with van der Waals surface area (Å²) in [5, 5.41) is 1.13. The number of aromatic nitrogens is 1. The van der Waals surface area contributed by atoms with Gasteiger partial charge in [0.05, 0.1) is 11.2 Å². The lowest BCUT2D eigenvalue weighted by molar-refractivity contribution is -0.135. The molecule has 0 atom stereocenters. The van der Waals surface area contributed by atoms with Gasteiger partial charge in [-0.1, -0.05) is 18.2 Å². The third-order valence-corrected chi connectivity index (χ3v) is 5.39. The molecular weight excluding hydrogens is 358 g/mol. The van der Waals surface area contributed by atoms with E-state index in [0.717, 1.165) is 0 Å². The van der Waals surface area contributed by atoms with Crippen molar-refractivity contribution in [2.75, 3.05) is 0 Å². The molecule has 0 radical (unpaired) electrons. The number of hydrogen-bond donors (Lipinski definition) is 0. The third-order valence-electron chi connectivity index (χ3n) is 5.39. The quantitative estimate of drug-likeness (QED) is 0.760. The minimum atomic E-state index is -4.24. The summed E-state index contributed by atoms with van der Waals surface area (Å²) in [7, 11) is -0.700. The standard InChI is InChI=1S/C19H23BF3NO3/c1-17(2)18(3,4)27-20(26-17)15-12-24(11-7-10-19(21,22)23)16(25)14-9-6-5-8-13(14)15/h5-6,8-9,12H,7,10-11H2,1-4H3. The van der Waals surface area contributed by atoms with Crippen LogP contribution in [-0.4, -0.2) is 29.1 Å². The van der Waals surface area contributed by atoms with Gasteiger partial charge in [-0.3, -0.25) is 4.79 Å². The van der Waals surface area contributed by atoms with Gasteiger partial charge in [-0.05, 0) is 45.6 Å². The molecule has 2 heterocycles. The van der Waals surface area contributed by atoms with Crippen molar-refractivity contribution in [3.8, 4) is 0 Å². The highest BCUT2D eigenvalue weighted by atomic mass is 19.4. The van der Waals surface area contributed by atoms with Crippen molar-refractivity contribution in [2.24, 2.45) is 0 Å². The first-order chi connectivity index (χ1) is 12.4. The summed E-state index contributed by atoms with van der Waals surface area (Å²) in [5.74, 6) is 0. The number of pyridine rings is 1. The van der Waals surface area contributed by atoms with E-state index in [1.54, 1.807) is 24.4 Å². The van der Waals surface area contributed by atoms with Crippen molar-refractivity contribution in [3.05, 3.63) is 40.8 Å². The molecule has 1 aliphatic heterocycles. The van der Waals surface area contributed by atoms with Crippen LogP contribution >= 0.6 is 0 Å². The third kappa shape index (κ3) is 3.92. The van der Waals surface area contributed by atoms with Gasteiger partial charge >= 0.3 is 13.3 Å². The Morgan fingerprint density at radius 3 is 2.15 bits per heavy atom. The second kappa shape index (κ2) is 6.67. The summed E-state index contributed by atoms with van der Waals surface area (Å²) in [5.41, 5.74) is -0.782. The molecule has 3 rings (SSSR count). The fourth-order valence-electron chi connectivity index (χ4n) is 3.15. The topological polar surface area (TPSA) is 40.5 Å². The Hall–Kier alpha value is -1.80. The van der Waals surface area contributed by atoms with E-state index < -0.39 is 30.9 Å². The highest BCUT2D eigenvalue weighted by molar-refractivity contribution is 6.65. The van der Waals surface area contributed by atoms with Gasteiger partial charge < -0.3 is 13.9 Å². The molecule has 1 saturated heterocycles. The van der Waals surface area contributed by atoms with E-state index in [9.17, 15) is 18.0 Å². The molecule has 27 heavy (non-hydrogen) atoms. The van der Waals surface area contributed by atoms with Crippen molar-refractivity contribution >= 4 is 23.4 Å². The SMILES string of the molecule is CC1(C)OB(c2cn(CCCC(F)(F)F)c(=O)c3ccccc23)OC1(C)C. The van der Waals surface area contributed by atoms with Crippen LogP contribution in [0.5, 0.6) is 0 Å². The number of rotatable bonds is 4. The van der Waals surface area contributed by atoms with Crippen molar-refractivity contribution in [1.82, 2.24) is 4.57 Å². The van der Waals surface area contributed by atoms with Crippen LogP contribution in [0.4, 0.5) is 13.2 Å². The number of hydrogen-bond acceptors (Lipinski definition) is 3. The van der Waals surface area contributed by atoms with Crippen LogP contribution in [-0.2, 0) is 15.9 Å². The molecule has 0 saturated carbocycles. The Morgan fingerprint density at radius 2 is 1.59 bits per heavy atom. The number of halogens is 3. The van der Waals surface area contributed by atoms with Gasteiger partial charge in [-0.2, -0.15) is 13.2 Å². The molecule has 0 spiro atoms. The van der Waals surface area contributed by atoms with E-state index in [2.05, 4.69) is 0 Å². The molecule has 0 N–H and O–H groups in total. The van der Waals surface area contributed by atoms with Crippen molar-refractivity contribution < 1.29 is 22.5 Å². The van der Waals surface area contributed by atoms with E-state index in [1.807, 2.05) is 33.8 Å². The van der Waals surface area contributed by atoms with Gasteiger partial charge in [0.25, 0.3) is 5.56 Å². The van der Waals surface area contributed by atoms with E-state index in [-0.39, 0.29) is 18.5 Å². The molecule has 146 valence electrons. The van der Waals surface area contributed by atoms with Crippen LogP contribution in [0.15, 0.2) is 35.3 Å². The van der Waals surface area contributed by atoms with E-state index in [1.165, 1.54) is 4.57 Å². The van der Waals surface area contributed by atoms with Gasteiger partial charge in [-0.15, -0.1) is 0 Å². The maximum atomic E-state index is 12.7. The minimum Gasteiger partial charge on any atom is -0.399 e. The normalized spacial score (nSPS) is 19.0. The number of benzene rings is 1. The van der Waals surface area contributed by atoms with Crippen LogP contribution in [0, 0.1) is 0 Å².